The summed E-state index contributed by atoms with van der Waals surface area (Å²) >= 11 is 0. The minimum Gasteiger partial charge on any atom is -0.356 e. The molecule has 1 heterocycles. The van der Waals surface area contributed by atoms with Gasteiger partial charge in [-0.3, -0.25) is 4.99 Å². The number of rotatable bonds is 7. The maximum Gasteiger partial charge on any atom is 0.191 e. The van der Waals surface area contributed by atoms with Gasteiger partial charge in [-0.2, -0.15) is 0 Å². The Kier molecular flexibility index (Phi) is 6.48. The fraction of sp³-hybridized carbons (Fsp3) is 0.304. The second kappa shape index (κ2) is 9.22. The van der Waals surface area contributed by atoms with Crippen molar-refractivity contribution in [2.45, 2.75) is 32.4 Å². The SMILES string of the molecule is CN=C(NCc1nccn1Cc1ccccc1)NCC(C)(C)c1ccccc1. The fourth-order valence-corrected chi connectivity index (χ4v) is 3.11. The van der Waals surface area contributed by atoms with E-state index in [9.17, 15) is 0 Å². The molecule has 0 radical (unpaired) electrons. The van der Waals surface area contributed by atoms with Crippen LogP contribution in [0, 0.1) is 0 Å². The quantitative estimate of drug-likeness (QED) is 0.490. The van der Waals surface area contributed by atoms with Crippen LogP contribution in [-0.4, -0.2) is 29.1 Å². The zero-order valence-corrected chi connectivity index (χ0v) is 16.9. The lowest BCUT2D eigenvalue weighted by Crippen LogP contribution is -2.43. The Labute approximate surface area is 167 Å². The van der Waals surface area contributed by atoms with E-state index in [0.29, 0.717) is 6.54 Å². The summed E-state index contributed by atoms with van der Waals surface area (Å²) in [5.74, 6) is 1.76. The highest BCUT2D eigenvalue weighted by Gasteiger charge is 2.20. The van der Waals surface area contributed by atoms with Crippen molar-refractivity contribution >= 4 is 5.96 Å². The third kappa shape index (κ3) is 5.22. The summed E-state index contributed by atoms with van der Waals surface area (Å²) in [4.78, 5) is 8.85. The molecule has 0 unspecified atom stereocenters. The van der Waals surface area contributed by atoms with Gasteiger partial charge in [0.15, 0.2) is 5.96 Å². The van der Waals surface area contributed by atoms with Gasteiger partial charge in [0.25, 0.3) is 0 Å². The van der Waals surface area contributed by atoms with Gasteiger partial charge in [0.1, 0.15) is 5.82 Å². The first-order valence-corrected chi connectivity index (χ1v) is 9.62. The molecule has 0 saturated carbocycles. The van der Waals surface area contributed by atoms with Crippen LogP contribution in [0.1, 0.15) is 30.8 Å². The highest BCUT2D eigenvalue weighted by Crippen LogP contribution is 2.21. The number of nitrogens with one attached hydrogen (secondary N) is 2. The van der Waals surface area contributed by atoms with Crippen LogP contribution in [0.15, 0.2) is 78.0 Å². The second-order valence-corrected chi connectivity index (χ2v) is 7.49. The normalized spacial score (nSPS) is 12.0. The van der Waals surface area contributed by atoms with E-state index in [2.05, 4.69) is 87.6 Å². The van der Waals surface area contributed by atoms with Gasteiger partial charge in [-0.05, 0) is 11.1 Å². The number of hydrogen-bond acceptors (Lipinski definition) is 2. The van der Waals surface area contributed by atoms with Gasteiger partial charge in [0.2, 0.25) is 0 Å². The predicted molar refractivity (Wildman–Crippen MR) is 115 cm³/mol. The zero-order chi connectivity index (χ0) is 19.8. The number of aliphatic imine (C=N–C) groups is 1. The smallest absolute Gasteiger partial charge is 0.191 e. The molecule has 3 rings (SSSR count). The third-order valence-corrected chi connectivity index (χ3v) is 4.89. The third-order valence-electron chi connectivity index (χ3n) is 4.89. The molecular formula is C23H29N5. The molecule has 5 heteroatoms. The van der Waals surface area contributed by atoms with Crippen molar-refractivity contribution < 1.29 is 0 Å². The Morgan fingerprint density at radius 3 is 2.36 bits per heavy atom. The summed E-state index contributed by atoms with van der Waals surface area (Å²) < 4.78 is 2.16. The van der Waals surface area contributed by atoms with E-state index in [1.54, 1.807) is 7.05 Å². The number of guanidine groups is 1. The molecule has 2 aromatic carbocycles. The molecule has 0 aliphatic heterocycles. The maximum absolute atomic E-state index is 4.49. The molecular weight excluding hydrogens is 346 g/mol. The van der Waals surface area contributed by atoms with Gasteiger partial charge in [0, 0.05) is 37.9 Å². The lowest BCUT2D eigenvalue weighted by atomic mass is 9.85. The van der Waals surface area contributed by atoms with Crippen molar-refractivity contribution in [3.8, 4) is 0 Å². The Balaban J connectivity index is 1.56. The van der Waals surface area contributed by atoms with E-state index in [-0.39, 0.29) is 5.41 Å². The minimum absolute atomic E-state index is 0.00462. The van der Waals surface area contributed by atoms with Crippen LogP contribution >= 0.6 is 0 Å². The van der Waals surface area contributed by atoms with Gasteiger partial charge in [-0.15, -0.1) is 0 Å². The maximum atomic E-state index is 4.49. The van der Waals surface area contributed by atoms with E-state index < -0.39 is 0 Å². The van der Waals surface area contributed by atoms with Crippen LogP contribution in [0.3, 0.4) is 0 Å². The molecule has 0 saturated heterocycles. The van der Waals surface area contributed by atoms with Crippen LogP contribution in [-0.2, 0) is 18.5 Å². The first kappa shape index (κ1) is 19.7. The van der Waals surface area contributed by atoms with E-state index in [1.807, 2.05) is 24.5 Å². The van der Waals surface area contributed by atoms with Crippen molar-refractivity contribution in [2.24, 2.45) is 4.99 Å². The molecule has 1 aromatic heterocycles. The Bertz CT molecular complexity index is 882. The Hall–Kier alpha value is -3.08. The summed E-state index contributed by atoms with van der Waals surface area (Å²) in [6.07, 6.45) is 3.85. The van der Waals surface area contributed by atoms with E-state index in [1.165, 1.54) is 11.1 Å². The highest BCUT2D eigenvalue weighted by atomic mass is 15.2. The monoisotopic (exact) mass is 375 g/mol. The summed E-state index contributed by atoms with van der Waals surface area (Å²) in [7, 11) is 1.79. The van der Waals surface area contributed by atoms with Gasteiger partial charge in [0.05, 0.1) is 6.54 Å². The van der Waals surface area contributed by atoms with Crippen molar-refractivity contribution in [1.82, 2.24) is 20.2 Å². The summed E-state index contributed by atoms with van der Waals surface area (Å²) in [6, 6.07) is 20.9. The largest absolute Gasteiger partial charge is 0.356 e. The first-order chi connectivity index (χ1) is 13.6. The zero-order valence-electron chi connectivity index (χ0n) is 16.9. The van der Waals surface area contributed by atoms with Crippen molar-refractivity contribution in [2.75, 3.05) is 13.6 Å². The summed E-state index contributed by atoms with van der Waals surface area (Å²) in [5.41, 5.74) is 2.57. The van der Waals surface area contributed by atoms with E-state index >= 15 is 0 Å². The molecule has 5 nitrogen and oxygen atoms in total. The lowest BCUT2D eigenvalue weighted by molar-refractivity contribution is 0.508. The molecule has 0 aliphatic carbocycles. The van der Waals surface area contributed by atoms with Gasteiger partial charge in [-0.25, -0.2) is 4.98 Å². The van der Waals surface area contributed by atoms with E-state index in [0.717, 1.165) is 24.9 Å². The molecule has 0 amide bonds. The van der Waals surface area contributed by atoms with Crippen molar-refractivity contribution in [3.63, 3.8) is 0 Å². The second-order valence-electron chi connectivity index (χ2n) is 7.49. The van der Waals surface area contributed by atoms with E-state index in [4.69, 9.17) is 0 Å². The average Bonchev–Trinajstić information content (AvgIpc) is 3.16. The standard InChI is InChI=1S/C23H29N5/c1-23(2,20-12-8-5-9-13-20)18-27-22(24-3)26-16-21-25-14-15-28(21)17-19-10-6-4-7-11-19/h4-15H,16-18H2,1-3H3,(H2,24,26,27). The fourth-order valence-electron chi connectivity index (χ4n) is 3.11. The van der Waals surface area contributed by atoms with Crippen LogP contribution in [0.25, 0.3) is 0 Å². The Morgan fingerprint density at radius 2 is 1.68 bits per heavy atom. The molecule has 0 spiro atoms. The molecule has 0 aliphatic rings. The lowest BCUT2D eigenvalue weighted by Gasteiger charge is -2.26. The number of imidazole rings is 1. The number of aromatic nitrogens is 2. The number of hydrogen-bond donors (Lipinski definition) is 2. The van der Waals surface area contributed by atoms with Gasteiger partial charge >= 0.3 is 0 Å². The number of benzene rings is 2. The topological polar surface area (TPSA) is 54.2 Å². The minimum atomic E-state index is 0.00462. The van der Waals surface area contributed by atoms with Crippen LogP contribution in [0.2, 0.25) is 0 Å². The summed E-state index contributed by atoms with van der Waals surface area (Å²) in [5, 5.41) is 6.82. The average molecular weight is 376 g/mol. The highest BCUT2D eigenvalue weighted by molar-refractivity contribution is 5.79. The Morgan fingerprint density at radius 1 is 1.00 bits per heavy atom. The van der Waals surface area contributed by atoms with Crippen molar-refractivity contribution in [3.05, 3.63) is 90.0 Å². The molecule has 28 heavy (non-hydrogen) atoms. The first-order valence-electron chi connectivity index (χ1n) is 9.62. The van der Waals surface area contributed by atoms with Crippen LogP contribution in [0.4, 0.5) is 0 Å². The predicted octanol–water partition coefficient (Wildman–Crippen LogP) is 3.57. The van der Waals surface area contributed by atoms with Gasteiger partial charge < -0.3 is 15.2 Å². The molecule has 0 bridgehead atoms. The molecule has 2 N–H and O–H groups in total. The molecule has 146 valence electrons. The van der Waals surface area contributed by atoms with Crippen LogP contribution in [0.5, 0.6) is 0 Å². The van der Waals surface area contributed by atoms with Crippen LogP contribution < -0.4 is 10.6 Å². The molecule has 0 atom stereocenters. The molecule has 3 aromatic rings. The summed E-state index contributed by atoms with van der Waals surface area (Å²) in [6.45, 7) is 6.68. The van der Waals surface area contributed by atoms with Crippen molar-refractivity contribution in [1.29, 1.82) is 0 Å². The number of nitrogens with zero attached hydrogens (tertiary/aromatic N) is 3. The van der Waals surface area contributed by atoms with Gasteiger partial charge in [-0.1, -0.05) is 74.5 Å². The molecule has 0 fully saturated rings.